The molecule has 0 aromatic heterocycles. The van der Waals surface area contributed by atoms with Crippen molar-refractivity contribution in [1.29, 1.82) is 0 Å². The lowest BCUT2D eigenvalue weighted by Gasteiger charge is -2.45. The van der Waals surface area contributed by atoms with Gasteiger partial charge in [0.2, 0.25) is 5.91 Å². The van der Waals surface area contributed by atoms with Gasteiger partial charge in [-0.1, -0.05) is 18.6 Å². The molecule has 1 aliphatic heterocycles. The average molecular weight is 349 g/mol. The Morgan fingerprint density at radius 3 is 2.50 bits per heavy atom. The Hall–Kier alpha value is -1.40. The molecular weight excluding hydrogens is 326 g/mol. The number of rotatable bonds is 4. The second-order valence-corrected chi connectivity index (χ2v) is 9.43. The standard InChI is InChI=1S/C18H23NO4S/c1-24(21,22)13-5-3-12(4-6-13)18(8-2-9-18)17(20)19-15-11-16-14(15)7-10-23-16/h3-6,14-16H,2,7-11H2,1H3,(H,19,20)/t14-,15+,16+/m0/s1. The molecule has 2 aliphatic carbocycles. The molecule has 0 unspecified atom stereocenters. The first-order valence-electron chi connectivity index (χ1n) is 8.63. The molecule has 4 rings (SSSR count). The SMILES string of the molecule is CS(=O)(=O)c1ccc(C2(C(=O)N[C@@H]3C[C@H]4OCC[C@@H]34)CCC2)cc1. The smallest absolute Gasteiger partial charge is 0.230 e. The zero-order chi connectivity index (χ0) is 16.9. The lowest BCUT2D eigenvalue weighted by molar-refractivity contribution is -0.133. The lowest BCUT2D eigenvalue weighted by atomic mass is 9.63. The summed E-state index contributed by atoms with van der Waals surface area (Å²) in [5, 5.41) is 3.24. The van der Waals surface area contributed by atoms with E-state index in [1.165, 1.54) is 6.26 Å². The van der Waals surface area contributed by atoms with E-state index < -0.39 is 15.3 Å². The van der Waals surface area contributed by atoms with Gasteiger partial charge in [0.1, 0.15) is 0 Å². The maximum Gasteiger partial charge on any atom is 0.230 e. The van der Waals surface area contributed by atoms with E-state index in [0.29, 0.717) is 16.9 Å². The Morgan fingerprint density at radius 2 is 1.96 bits per heavy atom. The molecule has 1 heterocycles. The summed E-state index contributed by atoms with van der Waals surface area (Å²) in [4.78, 5) is 13.2. The quantitative estimate of drug-likeness (QED) is 0.900. The first-order chi connectivity index (χ1) is 11.4. The van der Waals surface area contributed by atoms with Crippen molar-refractivity contribution in [3.05, 3.63) is 29.8 Å². The minimum atomic E-state index is -3.21. The number of carbonyl (C=O) groups excluding carboxylic acids is 1. The topological polar surface area (TPSA) is 72.5 Å². The van der Waals surface area contributed by atoms with Gasteiger partial charge < -0.3 is 10.1 Å². The second-order valence-electron chi connectivity index (χ2n) is 7.41. The summed E-state index contributed by atoms with van der Waals surface area (Å²) >= 11 is 0. The third-order valence-electron chi connectivity index (χ3n) is 6.06. The van der Waals surface area contributed by atoms with Crippen LogP contribution in [0.4, 0.5) is 0 Å². The fraction of sp³-hybridized carbons (Fsp3) is 0.611. The van der Waals surface area contributed by atoms with Crippen molar-refractivity contribution >= 4 is 15.7 Å². The molecule has 1 aromatic rings. The van der Waals surface area contributed by atoms with Crippen LogP contribution in [0.15, 0.2) is 29.2 Å². The molecule has 2 saturated carbocycles. The van der Waals surface area contributed by atoms with Crippen LogP contribution in [0.2, 0.25) is 0 Å². The van der Waals surface area contributed by atoms with Crippen LogP contribution in [0.3, 0.4) is 0 Å². The third-order valence-corrected chi connectivity index (χ3v) is 7.19. The largest absolute Gasteiger partial charge is 0.378 e. The molecule has 3 fully saturated rings. The van der Waals surface area contributed by atoms with Crippen LogP contribution in [0.25, 0.3) is 0 Å². The number of benzene rings is 1. The van der Waals surface area contributed by atoms with Gasteiger partial charge in [0.25, 0.3) is 0 Å². The van der Waals surface area contributed by atoms with Gasteiger partial charge in [-0.05, 0) is 43.4 Å². The van der Waals surface area contributed by atoms with E-state index in [1.54, 1.807) is 24.3 Å². The Balaban J connectivity index is 1.52. The van der Waals surface area contributed by atoms with Crippen molar-refractivity contribution in [2.75, 3.05) is 12.9 Å². The van der Waals surface area contributed by atoms with Crippen molar-refractivity contribution in [1.82, 2.24) is 5.32 Å². The Labute approximate surface area is 142 Å². The van der Waals surface area contributed by atoms with Crippen molar-refractivity contribution in [3.63, 3.8) is 0 Å². The van der Waals surface area contributed by atoms with Crippen LogP contribution in [-0.2, 0) is 24.8 Å². The highest BCUT2D eigenvalue weighted by Gasteiger charge is 2.50. The van der Waals surface area contributed by atoms with Gasteiger partial charge in [-0.2, -0.15) is 0 Å². The molecule has 3 atom stereocenters. The zero-order valence-electron chi connectivity index (χ0n) is 13.8. The number of nitrogens with one attached hydrogen (secondary N) is 1. The van der Waals surface area contributed by atoms with Gasteiger partial charge in [0.05, 0.1) is 16.4 Å². The summed E-state index contributed by atoms with van der Waals surface area (Å²) in [6.45, 7) is 0.805. The third kappa shape index (κ3) is 2.47. The molecule has 0 bridgehead atoms. The molecule has 1 saturated heterocycles. The molecule has 130 valence electrons. The van der Waals surface area contributed by atoms with Crippen molar-refractivity contribution in [2.45, 2.75) is 54.6 Å². The first kappa shape index (κ1) is 16.1. The van der Waals surface area contributed by atoms with E-state index in [4.69, 9.17) is 4.74 Å². The summed E-state index contributed by atoms with van der Waals surface area (Å²) < 4.78 is 28.8. The molecule has 1 amide bonds. The summed E-state index contributed by atoms with van der Waals surface area (Å²) in [7, 11) is -3.21. The number of sulfone groups is 1. The summed E-state index contributed by atoms with van der Waals surface area (Å²) in [6, 6.07) is 7.07. The highest BCUT2D eigenvalue weighted by atomic mass is 32.2. The summed E-state index contributed by atoms with van der Waals surface area (Å²) in [5.74, 6) is 0.565. The minimum Gasteiger partial charge on any atom is -0.378 e. The molecule has 1 N–H and O–H groups in total. The van der Waals surface area contributed by atoms with Gasteiger partial charge in [0, 0.05) is 24.8 Å². The Morgan fingerprint density at radius 1 is 1.25 bits per heavy atom. The molecule has 0 spiro atoms. The molecule has 1 aromatic carbocycles. The van der Waals surface area contributed by atoms with E-state index in [0.717, 1.165) is 44.3 Å². The maximum absolute atomic E-state index is 13.0. The Bertz CT molecular complexity index is 752. The lowest BCUT2D eigenvalue weighted by Crippen LogP contribution is -2.59. The van der Waals surface area contributed by atoms with Crippen molar-refractivity contribution in [2.24, 2.45) is 5.92 Å². The van der Waals surface area contributed by atoms with Crippen LogP contribution in [-0.4, -0.2) is 39.3 Å². The fourth-order valence-corrected chi connectivity index (χ4v) is 4.90. The van der Waals surface area contributed by atoms with Crippen LogP contribution in [0.5, 0.6) is 0 Å². The minimum absolute atomic E-state index is 0.0937. The maximum atomic E-state index is 13.0. The highest BCUT2D eigenvalue weighted by molar-refractivity contribution is 7.90. The molecule has 0 radical (unpaired) electrons. The van der Waals surface area contributed by atoms with E-state index in [2.05, 4.69) is 5.32 Å². The van der Waals surface area contributed by atoms with E-state index in [9.17, 15) is 13.2 Å². The number of ether oxygens (including phenoxy) is 1. The predicted molar refractivity (Wildman–Crippen MR) is 89.5 cm³/mol. The molecular formula is C18H23NO4S. The van der Waals surface area contributed by atoms with Gasteiger partial charge >= 0.3 is 0 Å². The van der Waals surface area contributed by atoms with Gasteiger partial charge in [0.15, 0.2) is 9.84 Å². The first-order valence-corrected chi connectivity index (χ1v) is 10.5. The number of fused-ring (bicyclic) bond motifs is 1. The molecule has 3 aliphatic rings. The van der Waals surface area contributed by atoms with Gasteiger partial charge in [-0.3, -0.25) is 4.79 Å². The van der Waals surface area contributed by atoms with E-state index >= 15 is 0 Å². The molecule has 24 heavy (non-hydrogen) atoms. The van der Waals surface area contributed by atoms with Gasteiger partial charge in [-0.15, -0.1) is 0 Å². The summed E-state index contributed by atoms with van der Waals surface area (Å²) in [5.41, 5.74) is 0.442. The number of hydrogen-bond donors (Lipinski definition) is 1. The summed E-state index contributed by atoms with van der Waals surface area (Å²) in [6.07, 6.45) is 6.17. The normalized spacial score (nSPS) is 30.8. The fourth-order valence-electron chi connectivity index (χ4n) is 4.27. The van der Waals surface area contributed by atoms with E-state index in [-0.39, 0.29) is 11.9 Å². The second kappa shape index (κ2) is 5.56. The zero-order valence-corrected chi connectivity index (χ0v) is 14.6. The van der Waals surface area contributed by atoms with Gasteiger partial charge in [-0.25, -0.2) is 8.42 Å². The average Bonchev–Trinajstić information content (AvgIpc) is 2.84. The van der Waals surface area contributed by atoms with Crippen LogP contribution in [0, 0.1) is 5.92 Å². The Kier molecular flexibility index (Phi) is 3.73. The number of hydrogen-bond acceptors (Lipinski definition) is 4. The van der Waals surface area contributed by atoms with Crippen LogP contribution < -0.4 is 5.32 Å². The molecule has 6 heteroatoms. The van der Waals surface area contributed by atoms with E-state index in [1.807, 2.05) is 0 Å². The number of amides is 1. The predicted octanol–water partition coefficient (Wildman–Crippen LogP) is 1.81. The number of carbonyl (C=O) groups is 1. The highest BCUT2D eigenvalue weighted by Crippen LogP contribution is 2.45. The van der Waals surface area contributed by atoms with Crippen molar-refractivity contribution in [3.8, 4) is 0 Å². The monoisotopic (exact) mass is 349 g/mol. The van der Waals surface area contributed by atoms with Crippen molar-refractivity contribution < 1.29 is 17.9 Å². The van der Waals surface area contributed by atoms with Crippen LogP contribution >= 0.6 is 0 Å². The van der Waals surface area contributed by atoms with Crippen LogP contribution in [0.1, 0.15) is 37.7 Å². The molecule has 5 nitrogen and oxygen atoms in total.